The van der Waals surface area contributed by atoms with Gasteiger partial charge < -0.3 is 10.2 Å². The first-order chi connectivity index (χ1) is 12.5. The molecule has 0 spiro atoms. The van der Waals surface area contributed by atoms with E-state index in [4.69, 9.17) is 0 Å². The molecule has 1 fully saturated rings. The van der Waals surface area contributed by atoms with Crippen molar-refractivity contribution in [3.63, 3.8) is 0 Å². The van der Waals surface area contributed by atoms with Crippen LogP contribution in [0.2, 0.25) is 0 Å². The van der Waals surface area contributed by atoms with Crippen LogP contribution < -0.4 is 10.6 Å². The maximum absolute atomic E-state index is 12.7. The highest BCUT2D eigenvalue weighted by atomic mass is 16.2. The van der Waals surface area contributed by atoms with E-state index in [1.165, 1.54) is 6.92 Å². The van der Waals surface area contributed by atoms with Gasteiger partial charge in [0.25, 0.3) is 0 Å². The molecule has 1 aliphatic rings. The molecule has 3 rings (SSSR count). The summed E-state index contributed by atoms with van der Waals surface area (Å²) in [5.41, 5.74) is 2.84. The van der Waals surface area contributed by atoms with Gasteiger partial charge in [-0.25, -0.2) is 9.48 Å². The van der Waals surface area contributed by atoms with Gasteiger partial charge in [0.2, 0.25) is 5.91 Å². The first-order valence-electron chi connectivity index (χ1n) is 8.96. The molecule has 0 radical (unpaired) electrons. The second kappa shape index (κ2) is 7.59. The number of likely N-dealkylation sites (tertiary alicyclic amines) is 1. The Kier molecular flexibility index (Phi) is 5.25. The highest BCUT2D eigenvalue weighted by Crippen LogP contribution is 2.24. The summed E-state index contributed by atoms with van der Waals surface area (Å²) in [7, 11) is 0. The van der Waals surface area contributed by atoms with Crippen molar-refractivity contribution in [2.45, 2.75) is 39.7 Å². The summed E-state index contributed by atoms with van der Waals surface area (Å²) in [5.74, 6) is 0.629. The molecule has 0 aliphatic carbocycles. The molecule has 3 amide bonds. The molecule has 2 aromatic rings. The molecule has 0 bridgehead atoms. The molecule has 1 aromatic carbocycles. The third-order valence-electron chi connectivity index (χ3n) is 4.66. The van der Waals surface area contributed by atoms with Gasteiger partial charge in [0.1, 0.15) is 5.82 Å². The maximum Gasteiger partial charge on any atom is 0.323 e. The number of aromatic nitrogens is 2. The third-order valence-corrected chi connectivity index (χ3v) is 4.66. The Bertz CT molecular complexity index is 800. The molecule has 26 heavy (non-hydrogen) atoms. The topological polar surface area (TPSA) is 79.3 Å². The van der Waals surface area contributed by atoms with Crippen LogP contribution in [0.5, 0.6) is 0 Å². The lowest BCUT2D eigenvalue weighted by molar-refractivity contribution is -0.119. The van der Waals surface area contributed by atoms with E-state index in [1.807, 2.05) is 37.3 Å². The van der Waals surface area contributed by atoms with Crippen LogP contribution in [0.15, 0.2) is 30.3 Å². The Morgan fingerprint density at radius 3 is 2.65 bits per heavy atom. The summed E-state index contributed by atoms with van der Waals surface area (Å²) in [6, 6.07) is 9.62. The van der Waals surface area contributed by atoms with E-state index in [0.29, 0.717) is 18.9 Å². The number of amides is 3. The predicted octanol–water partition coefficient (Wildman–Crippen LogP) is 2.49. The predicted molar refractivity (Wildman–Crippen MR) is 100 cm³/mol. The van der Waals surface area contributed by atoms with E-state index in [-0.39, 0.29) is 18.0 Å². The van der Waals surface area contributed by atoms with E-state index in [1.54, 1.807) is 9.58 Å². The van der Waals surface area contributed by atoms with Crippen LogP contribution >= 0.6 is 0 Å². The number of rotatable bonds is 4. The van der Waals surface area contributed by atoms with Gasteiger partial charge in [0, 0.05) is 31.6 Å². The number of hydrogen-bond donors (Lipinski definition) is 2. The van der Waals surface area contributed by atoms with Gasteiger partial charge in [-0.15, -0.1) is 0 Å². The molecule has 7 nitrogen and oxygen atoms in total. The van der Waals surface area contributed by atoms with Gasteiger partial charge >= 0.3 is 6.03 Å². The monoisotopic (exact) mass is 355 g/mol. The highest BCUT2D eigenvalue weighted by molar-refractivity contribution is 5.90. The molecule has 7 heteroatoms. The Morgan fingerprint density at radius 2 is 2.00 bits per heavy atom. The van der Waals surface area contributed by atoms with Crippen LogP contribution in [0.1, 0.15) is 31.5 Å². The van der Waals surface area contributed by atoms with Crippen molar-refractivity contribution in [2.24, 2.45) is 0 Å². The molecule has 0 saturated carbocycles. The molecule has 0 unspecified atom stereocenters. The van der Waals surface area contributed by atoms with Gasteiger partial charge in [0.05, 0.1) is 11.4 Å². The fourth-order valence-corrected chi connectivity index (χ4v) is 3.31. The van der Waals surface area contributed by atoms with E-state index in [0.717, 1.165) is 29.8 Å². The molecule has 2 N–H and O–H groups in total. The van der Waals surface area contributed by atoms with Crippen molar-refractivity contribution in [2.75, 3.05) is 18.4 Å². The summed E-state index contributed by atoms with van der Waals surface area (Å²) in [4.78, 5) is 25.7. The number of aryl methyl sites for hydroxylation is 1. The van der Waals surface area contributed by atoms with E-state index >= 15 is 0 Å². The molecule has 1 atom stereocenters. The number of carbonyl (C=O) groups is 2. The number of para-hydroxylation sites is 1. The van der Waals surface area contributed by atoms with Crippen molar-refractivity contribution in [3.05, 3.63) is 41.6 Å². The Labute approximate surface area is 153 Å². The molecular weight excluding hydrogens is 330 g/mol. The lowest BCUT2D eigenvalue weighted by atomic mass is 10.2. The van der Waals surface area contributed by atoms with Crippen LogP contribution in [0, 0.1) is 6.92 Å². The van der Waals surface area contributed by atoms with Gasteiger partial charge in [-0.3, -0.25) is 10.1 Å². The van der Waals surface area contributed by atoms with E-state index in [2.05, 4.69) is 22.7 Å². The standard InChI is InChI=1S/C19H25N5O2/c1-4-17-13(2)18(24(22-17)16-8-6-5-7-9-16)21-19(26)23-11-10-15(12-23)20-14(3)25/h5-9,15H,4,10-12H2,1-3H3,(H,20,25)(H,21,26)/t15-/m1/s1. The fraction of sp³-hybridized carbons (Fsp3) is 0.421. The summed E-state index contributed by atoms with van der Waals surface area (Å²) >= 11 is 0. The number of nitrogens with zero attached hydrogens (tertiary/aromatic N) is 3. The zero-order valence-electron chi connectivity index (χ0n) is 15.5. The summed E-state index contributed by atoms with van der Waals surface area (Å²) < 4.78 is 1.79. The van der Waals surface area contributed by atoms with Crippen LogP contribution in [-0.4, -0.2) is 45.8 Å². The van der Waals surface area contributed by atoms with Crippen molar-refractivity contribution < 1.29 is 9.59 Å². The number of benzene rings is 1. The third kappa shape index (κ3) is 3.71. The van der Waals surface area contributed by atoms with Crippen molar-refractivity contribution in [1.29, 1.82) is 0 Å². The first-order valence-corrected chi connectivity index (χ1v) is 8.96. The minimum atomic E-state index is -0.166. The van der Waals surface area contributed by atoms with E-state index < -0.39 is 0 Å². The summed E-state index contributed by atoms with van der Waals surface area (Å²) in [6.45, 7) is 6.66. The molecular formula is C19H25N5O2. The average molecular weight is 355 g/mol. The minimum absolute atomic E-state index is 0.0181. The fourth-order valence-electron chi connectivity index (χ4n) is 3.31. The quantitative estimate of drug-likeness (QED) is 0.884. The highest BCUT2D eigenvalue weighted by Gasteiger charge is 2.28. The SMILES string of the molecule is CCc1nn(-c2ccccc2)c(NC(=O)N2CC[C@@H](NC(C)=O)C2)c1C. The number of anilines is 1. The largest absolute Gasteiger partial charge is 0.352 e. The van der Waals surface area contributed by atoms with Gasteiger partial charge in [-0.1, -0.05) is 25.1 Å². The van der Waals surface area contributed by atoms with Crippen molar-refractivity contribution >= 4 is 17.8 Å². The van der Waals surface area contributed by atoms with Crippen LogP contribution in [-0.2, 0) is 11.2 Å². The van der Waals surface area contributed by atoms with Crippen LogP contribution in [0.4, 0.5) is 10.6 Å². The molecule has 138 valence electrons. The Hall–Kier alpha value is -2.83. The number of nitrogens with one attached hydrogen (secondary N) is 2. The second-order valence-corrected chi connectivity index (χ2v) is 6.58. The average Bonchev–Trinajstić information content (AvgIpc) is 3.20. The lowest BCUT2D eigenvalue weighted by Gasteiger charge is -2.18. The van der Waals surface area contributed by atoms with Crippen molar-refractivity contribution in [1.82, 2.24) is 20.0 Å². The Morgan fingerprint density at radius 1 is 1.27 bits per heavy atom. The van der Waals surface area contributed by atoms with Gasteiger partial charge in [-0.05, 0) is 31.9 Å². The molecule has 2 heterocycles. The summed E-state index contributed by atoms with van der Waals surface area (Å²) in [6.07, 6.45) is 1.56. The number of hydrogen-bond acceptors (Lipinski definition) is 3. The smallest absolute Gasteiger partial charge is 0.323 e. The second-order valence-electron chi connectivity index (χ2n) is 6.58. The van der Waals surface area contributed by atoms with Crippen LogP contribution in [0.3, 0.4) is 0 Å². The molecule has 1 aromatic heterocycles. The zero-order valence-corrected chi connectivity index (χ0v) is 15.5. The van der Waals surface area contributed by atoms with Gasteiger partial charge in [-0.2, -0.15) is 5.10 Å². The molecule has 1 saturated heterocycles. The van der Waals surface area contributed by atoms with E-state index in [9.17, 15) is 9.59 Å². The van der Waals surface area contributed by atoms with Crippen molar-refractivity contribution in [3.8, 4) is 5.69 Å². The number of urea groups is 1. The van der Waals surface area contributed by atoms with Crippen LogP contribution in [0.25, 0.3) is 5.69 Å². The zero-order chi connectivity index (χ0) is 18.7. The minimum Gasteiger partial charge on any atom is -0.352 e. The lowest BCUT2D eigenvalue weighted by Crippen LogP contribution is -2.39. The number of carbonyl (C=O) groups excluding carboxylic acids is 2. The molecule has 1 aliphatic heterocycles. The van der Waals surface area contributed by atoms with Gasteiger partial charge in [0.15, 0.2) is 0 Å². The normalized spacial score (nSPS) is 16.6. The first kappa shape index (κ1) is 18.0. The Balaban J connectivity index is 1.80. The maximum atomic E-state index is 12.7. The summed E-state index contributed by atoms with van der Waals surface area (Å²) in [5, 5.41) is 10.6.